The Morgan fingerprint density at radius 3 is 2.53 bits per heavy atom. The number of hydrogen-bond acceptors (Lipinski definition) is 6. The fraction of sp³-hybridized carbons (Fsp3) is 0.273. The zero-order valence-corrected chi connectivity index (χ0v) is 17.6. The molecular weight excluding hydrogens is 398 g/mol. The maximum absolute atomic E-state index is 13.0. The quantitative estimate of drug-likeness (QED) is 0.564. The molecule has 1 aromatic carbocycles. The van der Waals surface area contributed by atoms with E-state index in [1.807, 2.05) is 36.4 Å². The van der Waals surface area contributed by atoms with Crippen molar-refractivity contribution < 1.29 is 9.35 Å². The van der Waals surface area contributed by atoms with Crippen LogP contribution in [-0.4, -0.2) is 30.7 Å². The van der Waals surface area contributed by atoms with Gasteiger partial charge in [-0.05, 0) is 49.2 Å². The van der Waals surface area contributed by atoms with E-state index in [9.17, 15) is 9.35 Å². The molecule has 1 aliphatic carbocycles. The summed E-state index contributed by atoms with van der Waals surface area (Å²) in [6.45, 7) is 3.60. The molecule has 0 aliphatic heterocycles. The third-order valence-electron chi connectivity index (χ3n) is 5.02. The summed E-state index contributed by atoms with van der Waals surface area (Å²) in [6, 6.07) is 13.2. The van der Waals surface area contributed by atoms with Crippen LogP contribution in [0.2, 0.25) is 0 Å². The van der Waals surface area contributed by atoms with Crippen LogP contribution in [0.3, 0.4) is 0 Å². The molecule has 7 nitrogen and oxygen atoms in total. The molecule has 0 bridgehead atoms. The zero-order valence-electron chi connectivity index (χ0n) is 16.8. The Morgan fingerprint density at radius 1 is 1.10 bits per heavy atom. The predicted molar refractivity (Wildman–Crippen MR) is 118 cm³/mol. The lowest BCUT2D eigenvalue weighted by Crippen LogP contribution is -2.36. The Morgan fingerprint density at radius 2 is 1.87 bits per heavy atom. The number of hydrogen-bond donors (Lipinski definition) is 2. The molecule has 1 saturated carbocycles. The Bertz CT molecular complexity index is 1020. The first-order valence-corrected chi connectivity index (χ1v) is 11.0. The molecule has 2 N–H and O–H groups in total. The SMILES string of the molecule is CC(C)(C(=O)Nc1ccc(-c2cccnc2)cc1)c1ccnc(N[S+]([O-])C2CC2)n1. The first-order chi connectivity index (χ1) is 14.4. The lowest BCUT2D eigenvalue weighted by Gasteiger charge is -2.23. The van der Waals surface area contributed by atoms with Gasteiger partial charge in [0.15, 0.2) is 0 Å². The van der Waals surface area contributed by atoms with Crippen LogP contribution >= 0.6 is 0 Å². The summed E-state index contributed by atoms with van der Waals surface area (Å²) in [6.07, 6.45) is 7.01. The number of amides is 1. The van der Waals surface area contributed by atoms with Gasteiger partial charge in [0.1, 0.15) is 5.25 Å². The molecule has 154 valence electrons. The lowest BCUT2D eigenvalue weighted by atomic mass is 9.88. The fourth-order valence-electron chi connectivity index (χ4n) is 2.89. The minimum Gasteiger partial charge on any atom is -0.593 e. The van der Waals surface area contributed by atoms with Crippen LogP contribution in [-0.2, 0) is 21.6 Å². The number of aromatic nitrogens is 3. The molecule has 0 saturated heterocycles. The van der Waals surface area contributed by atoms with E-state index in [4.69, 9.17) is 0 Å². The van der Waals surface area contributed by atoms with Crippen LogP contribution < -0.4 is 10.0 Å². The third-order valence-corrected chi connectivity index (χ3v) is 6.48. The van der Waals surface area contributed by atoms with Gasteiger partial charge in [0.25, 0.3) is 5.95 Å². The number of nitrogens with one attached hydrogen (secondary N) is 2. The minimum atomic E-state index is -1.19. The normalized spacial score (nSPS) is 14.8. The fourth-order valence-corrected chi connectivity index (χ4v) is 3.90. The minimum absolute atomic E-state index is 0.170. The average Bonchev–Trinajstić information content (AvgIpc) is 3.61. The largest absolute Gasteiger partial charge is 0.593 e. The zero-order chi connectivity index (χ0) is 21.1. The summed E-state index contributed by atoms with van der Waals surface area (Å²) in [7, 11) is 0. The van der Waals surface area contributed by atoms with E-state index in [2.05, 4.69) is 25.0 Å². The van der Waals surface area contributed by atoms with Gasteiger partial charge in [0.05, 0.1) is 22.5 Å². The topological polar surface area (TPSA) is 103 Å². The second kappa shape index (κ2) is 8.41. The predicted octanol–water partition coefficient (Wildman–Crippen LogP) is 3.69. The summed E-state index contributed by atoms with van der Waals surface area (Å²) in [5, 5.41) is 3.12. The molecular formula is C22H23N5O2S. The van der Waals surface area contributed by atoms with Gasteiger partial charge >= 0.3 is 0 Å². The van der Waals surface area contributed by atoms with Crippen LogP contribution in [0.5, 0.6) is 0 Å². The molecule has 0 spiro atoms. The summed E-state index contributed by atoms with van der Waals surface area (Å²) in [5.74, 6) is 0.0871. The lowest BCUT2D eigenvalue weighted by molar-refractivity contribution is -0.120. The summed E-state index contributed by atoms with van der Waals surface area (Å²) in [4.78, 5) is 25.7. The highest BCUT2D eigenvalue weighted by Gasteiger charge is 2.36. The van der Waals surface area contributed by atoms with E-state index < -0.39 is 16.8 Å². The van der Waals surface area contributed by atoms with Crippen molar-refractivity contribution in [1.82, 2.24) is 15.0 Å². The monoisotopic (exact) mass is 421 g/mol. The second-order valence-electron chi connectivity index (χ2n) is 7.76. The van der Waals surface area contributed by atoms with Crippen LogP contribution in [0, 0.1) is 0 Å². The number of rotatable bonds is 7. The van der Waals surface area contributed by atoms with Crippen molar-refractivity contribution in [2.45, 2.75) is 37.4 Å². The molecule has 0 radical (unpaired) electrons. The molecule has 1 unspecified atom stereocenters. The highest BCUT2D eigenvalue weighted by molar-refractivity contribution is 7.93. The third kappa shape index (κ3) is 4.60. The Hall–Kier alpha value is -2.97. The van der Waals surface area contributed by atoms with Gasteiger partial charge in [0.2, 0.25) is 5.91 Å². The highest BCUT2D eigenvalue weighted by Crippen LogP contribution is 2.30. The van der Waals surface area contributed by atoms with Gasteiger partial charge in [0, 0.05) is 37.1 Å². The van der Waals surface area contributed by atoms with Gasteiger partial charge in [-0.2, -0.15) is 4.72 Å². The van der Waals surface area contributed by atoms with Crippen molar-refractivity contribution in [2.24, 2.45) is 0 Å². The summed E-state index contributed by atoms with van der Waals surface area (Å²) < 4.78 is 14.9. The Balaban J connectivity index is 1.45. The number of pyridine rings is 1. The standard InChI is InChI=1S/C22H23N5O2S/c1-22(2,19-11-13-24-21(26-19)27-30(29)18-9-10-18)20(28)25-17-7-5-15(6-8-17)16-4-3-12-23-14-16/h3-8,11-14,18H,9-10H2,1-2H3,(H,25,28)(H,24,26,27). The molecule has 4 rings (SSSR count). The molecule has 1 atom stereocenters. The van der Waals surface area contributed by atoms with Crippen LogP contribution in [0.4, 0.5) is 11.6 Å². The van der Waals surface area contributed by atoms with Crippen molar-refractivity contribution >= 4 is 28.9 Å². The van der Waals surface area contributed by atoms with Crippen molar-refractivity contribution in [3.63, 3.8) is 0 Å². The highest BCUT2D eigenvalue weighted by atomic mass is 32.2. The van der Waals surface area contributed by atoms with Crippen LogP contribution in [0.25, 0.3) is 11.1 Å². The van der Waals surface area contributed by atoms with Gasteiger partial charge < -0.3 is 9.87 Å². The van der Waals surface area contributed by atoms with Crippen molar-refractivity contribution in [3.05, 3.63) is 66.7 Å². The maximum atomic E-state index is 13.0. The van der Waals surface area contributed by atoms with Crippen molar-refractivity contribution in [2.75, 3.05) is 10.0 Å². The molecule has 30 heavy (non-hydrogen) atoms. The molecule has 8 heteroatoms. The van der Waals surface area contributed by atoms with Crippen molar-refractivity contribution in [1.29, 1.82) is 0 Å². The van der Waals surface area contributed by atoms with E-state index in [1.165, 1.54) is 0 Å². The van der Waals surface area contributed by atoms with Gasteiger partial charge in [-0.25, -0.2) is 9.97 Å². The number of carbonyl (C=O) groups excluding carboxylic acids is 1. The number of carbonyl (C=O) groups is 1. The molecule has 1 aliphatic rings. The number of nitrogens with zero attached hydrogens (tertiary/aromatic N) is 3. The van der Waals surface area contributed by atoms with Crippen molar-refractivity contribution in [3.8, 4) is 11.1 Å². The smallest absolute Gasteiger partial charge is 0.265 e. The number of benzene rings is 1. The van der Waals surface area contributed by atoms with E-state index in [0.29, 0.717) is 11.4 Å². The van der Waals surface area contributed by atoms with E-state index in [1.54, 1.807) is 38.5 Å². The molecule has 1 fully saturated rings. The van der Waals surface area contributed by atoms with Gasteiger partial charge in [-0.1, -0.05) is 18.2 Å². The van der Waals surface area contributed by atoms with Gasteiger partial charge in [-0.15, -0.1) is 0 Å². The summed E-state index contributed by atoms with van der Waals surface area (Å²) >= 11 is -1.19. The average molecular weight is 422 g/mol. The maximum Gasteiger partial charge on any atom is 0.265 e. The first kappa shape index (κ1) is 20.3. The first-order valence-electron chi connectivity index (χ1n) is 9.76. The summed E-state index contributed by atoms with van der Waals surface area (Å²) in [5.41, 5.74) is 2.39. The van der Waals surface area contributed by atoms with E-state index in [-0.39, 0.29) is 17.1 Å². The van der Waals surface area contributed by atoms with Crippen LogP contribution in [0.15, 0.2) is 61.1 Å². The second-order valence-corrected chi connectivity index (χ2v) is 9.23. The molecule has 1 amide bonds. The van der Waals surface area contributed by atoms with E-state index in [0.717, 1.165) is 24.0 Å². The van der Waals surface area contributed by atoms with E-state index >= 15 is 0 Å². The molecule has 2 heterocycles. The Labute approximate surface area is 178 Å². The number of anilines is 2. The Kier molecular flexibility index (Phi) is 5.69. The van der Waals surface area contributed by atoms with Gasteiger partial charge in [-0.3, -0.25) is 9.78 Å². The van der Waals surface area contributed by atoms with Crippen LogP contribution in [0.1, 0.15) is 32.4 Å². The molecule has 3 aromatic rings. The molecule has 2 aromatic heterocycles.